The van der Waals surface area contributed by atoms with Gasteiger partial charge in [-0.1, -0.05) is 67.9 Å². The van der Waals surface area contributed by atoms with E-state index >= 15 is 0 Å². The van der Waals surface area contributed by atoms with Crippen molar-refractivity contribution in [2.24, 2.45) is 0 Å². The number of benzene rings is 2. The molecule has 4 aromatic rings. The molecule has 5 rings (SSSR count). The second kappa shape index (κ2) is 9.33. The maximum atomic E-state index is 13.1. The van der Waals surface area contributed by atoms with Gasteiger partial charge in [-0.2, -0.15) is 0 Å². The number of hydrogen-bond acceptors (Lipinski definition) is 5. The molecule has 2 aromatic carbocycles. The van der Waals surface area contributed by atoms with Gasteiger partial charge in [0.05, 0.1) is 6.54 Å². The highest BCUT2D eigenvalue weighted by atomic mass is 16.2. The second-order valence-corrected chi connectivity index (χ2v) is 10.8. The minimum Gasteiger partial charge on any atom is -0.338 e. The Bertz CT molecular complexity index is 1460. The first-order valence-corrected chi connectivity index (χ1v) is 12.5. The zero-order valence-electron chi connectivity index (χ0n) is 21.3. The minimum atomic E-state index is -0.300. The summed E-state index contributed by atoms with van der Waals surface area (Å²) >= 11 is 0. The van der Waals surface area contributed by atoms with E-state index in [4.69, 9.17) is 4.98 Å². The summed E-state index contributed by atoms with van der Waals surface area (Å²) in [5.41, 5.74) is 4.54. The summed E-state index contributed by atoms with van der Waals surface area (Å²) in [6, 6.07) is 16.1. The van der Waals surface area contributed by atoms with Gasteiger partial charge in [-0.05, 0) is 48.4 Å². The van der Waals surface area contributed by atoms with Crippen LogP contribution in [0.1, 0.15) is 72.4 Å². The molecule has 2 aromatic heterocycles. The Morgan fingerprint density at radius 1 is 1.14 bits per heavy atom. The number of aromatic nitrogens is 5. The van der Waals surface area contributed by atoms with Crippen molar-refractivity contribution in [2.45, 2.75) is 58.4 Å². The third-order valence-corrected chi connectivity index (χ3v) is 6.90. The monoisotopic (exact) mass is 484 g/mol. The molecule has 0 spiro atoms. The number of carbonyl (C=O) groups is 1. The van der Waals surface area contributed by atoms with E-state index in [1.54, 1.807) is 4.68 Å². The van der Waals surface area contributed by atoms with Crippen molar-refractivity contribution in [3.8, 4) is 0 Å². The number of fused-ring (bicyclic) bond motifs is 1. The van der Waals surface area contributed by atoms with E-state index in [0.29, 0.717) is 36.7 Å². The average Bonchev–Trinajstić information content (AvgIpc) is 3.26. The molecule has 3 heterocycles. The van der Waals surface area contributed by atoms with Crippen molar-refractivity contribution < 1.29 is 4.79 Å². The molecule has 1 aliphatic rings. The number of rotatable bonds is 4. The third kappa shape index (κ3) is 4.80. The number of aryl methyl sites for hydroxylation is 1. The summed E-state index contributed by atoms with van der Waals surface area (Å²) in [4.78, 5) is 35.5. The smallest absolute Gasteiger partial charge is 0.281 e. The van der Waals surface area contributed by atoms with Crippen molar-refractivity contribution in [1.82, 2.24) is 29.9 Å². The molecule has 8 nitrogen and oxygen atoms in total. The second-order valence-electron chi connectivity index (χ2n) is 10.8. The number of piperidine rings is 1. The van der Waals surface area contributed by atoms with Gasteiger partial charge >= 0.3 is 0 Å². The Labute approximate surface area is 210 Å². The SMILES string of the molecule is Cc1cccc(C(=O)N2CCC[C@@H](c3nc4c(nnn4Cc4ccc(C(C)(C)C)cc4)c(=O)[nH]3)C2)c1. The van der Waals surface area contributed by atoms with Crippen molar-refractivity contribution in [2.75, 3.05) is 13.1 Å². The lowest BCUT2D eigenvalue weighted by molar-refractivity contribution is 0.0704. The van der Waals surface area contributed by atoms with Crippen LogP contribution in [0.5, 0.6) is 0 Å². The fourth-order valence-corrected chi connectivity index (χ4v) is 4.81. The van der Waals surface area contributed by atoms with Gasteiger partial charge in [0.15, 0.2) is 11.2 Å². The average molecular weight is 485 g/mol. The highest BCUT2D eigenvalue weighted by molar-refractivity contribution is 5.94. The highest BCUT2D eigenvalue weighted by Gasteiger charge is 2.28. The number of hydrogen-bond donors (Lipinski definition) is 1. The molecular formula is C28H32N6O2. The first-order chi connectivity index (χ1) is 17.2. The Morgan fingerprint density at radius 2 is 1.92 bits per heavy atom. The molecule has 1 N–H and O–H groups in total. The lowest BCUT2D eigenvalue weighted by Gasteiger charge is -2.32. The van der Waals surface area contributed by atoms with Crippen LogP contribution < -0.4 is 5.56 Å². The summed E-state index contributed by atoms with van der Waals surface area (Å²) < 4.78 is 1.68. The molecule has 1 saturated heterocycles. The predicted molar refractivity (Wildman–Crippen MR) is 139 cm³/mol. The molecule has 0 saturated carbocycles. The molecule has 186 valence electrons. The van der Waals surface area contributed by atoms with E-state index in [-0.39, 0.29) is 28.3 Å². The van der Waals surface area contributed by atoms with E-state index < -0.39 is 0 Å². The van der Waals surface area contributed by atoms with Crippen molar-refractivity contribution in [3.05, 3.63) is 87.0 Å². The van der Waals surface area contributed by atoms with Crippen LogP contribution in [0.2, 0.25) is 0 Å². The molecule has 1 atom stereocenters. The maximum Gasteiger partial charge on any atom is 0.281 e. The minimum absolute atomic E-state index is 0.0113. The molecule has 0 radical (unpaired) electrons. The van der Waals surface area contributed by atoms with Crippen LogP contribution >= 0.6 is 0 Å². The summed E-state index contributed by atoms with van der Waals surface area (Å²) in [6.07, 6.45) is 1.70. The van der Waals surface area contributed by atoms with Gasteiger partial charge in [-0.15, -0.1) is 5.10 Å². The number of likely N-dealkylation sites (tertiary alicyclic amines) is 1. The molecule has 1 aliphatic heterocycles. The van der Waals surface area contributed by atoms with Gasteiger partial charge < -0.3 is 9.88 Å². The van der Waals surface area contributed by atoms with Gasteiger partial charge in [0.1, 0.15) is 5.82 Å². The molecule has 36 heavy (non-hydrogen) atoms. The Balaban J connectivity index is 1.40. The molecule has 0 unspecified atom stereocenters. The van der Waals surface area contributed by atoms with Crippen LogP contribution in [-0.2, 0) is 12.0 Å². The van der Waals surface area contributed by atoms with Crippen LogP contribution in [0.25, 0.3) is 11.2 Å². The number of nitrogens with zero attached hydrogens (tertiary/aromatic N) is 5. The lowest BCUT2D eigenvalue weighted by Crippen LogP contribution is -2.40. The number of H-pyrrole nitrogens is 1. The van der Waals surface area contributed by atoms with Crippen LogP contribution in [0, 0.1) is 6.92 Å². The number of aromatic amines is 1. The maximum absolute atomic E-state index is 13.1. The van der Waals surface area contributed by atoms with Crippen molar-refractivity contribution in [1.29, 1.82) is 0 Å². The van der Waals surface area contributed by atoms with Gasteiger partial charge in [-0.3, -0.25) is 9.59 Å². The molecule has 1 fully saturated rings. The van der Waals surface area contributed by atoms with Gasteiger partial charge in [0, 0.05) is 24.6 Å². The van der Waals surface area contributed by atoms with Gasteiger partial charge in [0.2, 0.25) is 0 Å². The first-order valence-electron chi connectivity index (χ1n) is 12.5. The topological polar surface area (TPSA) is 96.8 Å². The largest absolute Gasteiger partial charge is 0.338 e. The number of nitrogens with one attached hydrogen (secondary N) is 1. The van der Waals surface area contributed by atoms with E-state index in [1.807, 2.05) is 36.1 Å². The molecule has 1 amide bonds. The van der Waals surface area contributed by atoms with E-state index in [0.717, 1.165) is 24.0 Å². The molecule has 0 aliphatic carbocycles. The fourth-order valence-electron chi connectivity index (χ4n) is 4.81. The fraction of sp³-hybridized carbons (Fsp3) is 0.393. The van der Waals surface area contributed by atoms with E-state index in [9.17, 15) is 9.59 Å². The van der Waals surface area contributed by atoms with Gasteiger partial charge in [-0.25, -0.2) is 9.67 Å². The normalized spacial score (nSPS) is 16.4. The summed E-state index contributed by atoms with van der Waals surface area (Å²) in [7, 11) is 0. The zero-order chi connectivity index (χ0) is 25.4. The summed E-state index contributed by atoms with van der Waals surface area (Å²) in [5, 5.41) is 8.31. The Hall–Kier alpha value is -3.81. The standard InChI is InChI=1S/C28H32N6O2/c1-18-7-5-8-20(15-18)27(36)33-14-6-9-21(17-33)24-29-25-23(26(35)30-24)31-32-34(25)16-19-10-12-22(13-11-19)28(2,3)4/h5,7-8,10-13,15,21H,6,9,14,16-17H2,1-4H3,(H,29,30,35)/t21-/m1/s1. The van der Waals surface area contributed by atoms with E-state index in [1.165, 1.54) is 5.56 Å². The quantitative estimate of drug-likeness (QED) is 0.469. The highest BCUT2D eigenvalue weighted by Crippen LogP contribution is 2.26. The zero-order valence-corrected chi connectivity index (χ0v) is 21.3. The molecular weight excluding hydrogens is 452 g/mol. The van der Waals surface area contributed by atoms with Crippen LogP contribution in [0.3, 0.4) is 0 Å². The van der Waals surface area contributed by atoms with Crippen LogP contribution in [0.4, 0.5) is 0 Å². The predicted octanol–water partition coefficient (Wildman–Crippen LogP) is 4.19. The number of amides is 1. The lowest BCUT2D eigenvalue weighted by atomic mass is 9.87. The molecule has 8 heteroatoms. The van der Waals surface area contributed by atoms with Gasteiger partial charge in [0.25, 0.3) is 11.5 Å². The molecule has 0 bridgehead atoms. The summed E-state index contributed by atoms with van der Waals surface area (Å²) in [5.74, 6) is 0.539. The Morgan fingerprint density at radius 3 is 2.64 bits per heavy atom. The van der Waals surface area contributed by atoms with Crippen LogP contribution in [-0.4, -0.2) is 48.9 Å². The van der Waals surface area contributed by atoms with E-state index in [2.05, 4.69) is 60.3 Å². The third-order valence-electron chi connectivity index (χ3n) is 6.90. The van der Waals surface area contributed by atoms with Crippen LogP contribution in [0.15, 0.2) is 53.3 Å². The van der Waals surface area contributed by atoms with Crippen molar-refractivity contribution >= 4 is 17.1 Å². The Kier molecular flexibility index (Phi) is 6.20. The van der Waals surface area contributed by atoms with Crippen molar-refractivity contribution in [3.63, 3.8) is 0 Å². The summed E-state index contributed by atoms with van der Waals surface area (Å²) in [6.45, 7) is 10.2. The number of carbonyl (C=O) groups excluding carboxylic acids is 1. The first kappa shape index (κ1) is 23.9.